The van der Waals surface area contributed by atoms with E-state index < -0.39 is 60.2 Å². The van der Waals surface area contributed by atoms with Gasteiger partial charge in [-0.1, -0.05) is 0 Å². The molecule has 0 spiro atoms. The van der Waals surface area contributed by atoms with Crippen LogP contribution < -0.4 is 11.6 Å². The number of aliphatic hydroxyl groups excluding tert-OH is 1. The Morgan fingerprint density at radius 1 is 1.25 bits per heavy atom. The molecule has 2 aliphatic heterocycles. The first-order valence-electron chi connectivity index (χ1n) is 8.40. The van der Waals surface area contributed by atoms with E-state index in [-0.39, 0.29) is 12.8 Å². The highest BCUT2D eigenvalue weighted by Crippen LogP contribution is 2.66. The molecule has 17 nitrogen and oxygen atoms in total. The molecule has 0 aromatic heterocycles. The fourth-order valence-corrected chi connectivity index (χ4v) is 5.92. The number of amides is 2. The molecule has 2 aliphatic rings. The Balaban J connectivity index is 2.13. The summed E-state index contributed by atoms with van der Waals surface area (Å²) in [5, 5.41) is 11.0. The molecule has 9 N–H and O–H groups in total. The highest BCUT2D eigenvalue weighted by molar-refractivity contribution is 7.66. The molecule has 32 heavy (non-hydrogen) atoms. The zero-order valence-corrected chi connectivity index (χ0v) is 18.7. The summed E-state index contributed by atoms with van der Waals surface area (Å²) in [5.41, 5.74) is 3.98. The molecular formula is C12H21N4O13P3. The molecule has 2 amide bonds. The third-order valence-corrected chi connectivity index (χ3v) is 7.95. The molecule has 20 heteroatoms. The minimum Gasteiger partial charge on any atom is -0.390 e. The van der Waals surface area contributed by atoms with Gasteiger partial charge in [0.25, 0.3) is 0 Å². The van der Waals surface area contributed by atoms with E-state index in [1.807, 2.05) is 0 Å². The van der Waals surface area contributed by atoms with Gasteiger partial charge in [0.2, 0.25) is 0 Å². The second-order valence-corrected chi connectivity index (χ2v) is 11.0. The predicted molar refractivity (Wildman–Crippen MR) is 102 cm³/mol. The number of urea groups is 1. The molecule has 0 radical (unpaired) electrons. The molecule has 0 aliphatic carbocycles. The highest BCUT2D eigenvalue weighted by atomic mass is 31.3. The van der Waals surface area contributed by atoms with Crippen molar-refractivity contribution in [1.82, 2.24) is 9.91 Å². The number of carbonyl (C=O) groups is 1. The maximum absolute atomic E-state index is 12.5. The fourth-order valence-electron chi connectivity index (χ4n) is 2.89. The summed E-state index contributed by atoms with van der Waals surface area (Å²) in [6, 6.07) is -0.823. The summed E-state index contributed by atoms with van der Waals surface area (Å²) >= 11 is 0. The topological polar surface area (TPSA) is 265 Å². The van der Waals surface area contributed by atoms with Crippen LogP contribution in [0.2, 0.25) is 0 Å². The molecule has 1 saturated heterocycles. The molecule has 3 unspecified atom stereocenters. The van der Waals surface area contributed by atoms with E-state index >= 15 is 0 Å². The predicted octanol–water partition coefficient (Wildman–Crippen LogP) is -1.39. The van der Waals surface area contributed by atoms with Crippen molar-refractivity contribution in [3.63, 3.8) is 0 Å². The van der Waals surface area contributed by atoms with Crippen molar-refractivity contribution in [3.8, 4) is 12.3 Å². The van der Waals surface area contributed by atoms with Crippen LogP contribution >= 0.6 is 23.5 Å². The minimum atomic E-state index is -5.72. The summed E-state index contributed by atoms with van der Waals surface area (Å²) in [6.07, 6.45) is 3.62. The average molecular weight is 522 g/mol. The van der Waals surface area contributed by atoms with E-state index in [9.17, 15) is 28.5 Å². The van der Waals surface area contributed by atoms with Crippen LogP contribution in [0.15, 0.2) is 12.3 Å². The lowest BCUT2D eigenvalue weighted by atomic mass is 10.0. The Morgan fingerprint density at radius 2 is 1.88 bits per heavy atom. The van der Waals surface area contributed by atoms with Gasteiger partial charge < -0.3 is 35.2 Å². The Kier molecular flexibility index (Phi) is 8.11. The Morgan fingerprint density at radius 3 is 2.44 bits per heavy atom. The minimum absolute atomic E-state index is 0.255. The van der Waals surface area contributed by atoms with Crippen molar-refractivity contribution in [2.75, 3.05) is 6.61 Å². The van der Waals surface area contributed by atoms with Gasteiger partial charge in [-0.3, -0.25) is 9.42 Å². The van der Waals surface area contributed by atoms with Crippen molar-refractivity contribution >= 4 is 29.5 Å². The van der Waals surface area contributed by atoms with Gasteiger partial charge in [-0.25, -0.2) is 29.3 Å². The zero-order valence-electron chi connectivity index (χ0n) is 16.0. The molecule has 6 atom stereocenters. The van der Waals surface area contributed by atoms with E-state index in [1.165, 1.54) is 12.3 Å². The summed E-state index contributed by atoms with van der Waals surface area (Å²) in [6.45, 7) is -0.936. The largest absolute Gasteiger partial charge is 0.490 e. The molecule has 0 bridgehead atoms. The van der Waals surface area contributed by atoms with E-state index in [1.54, 1.807) is 0 Å². The number of ether oxygens (including phenoxy) is 1. The monoisotopic (exact) mass is 522 g/mol. The smallest absolute Gasteiger partial charge is 0.390 e. The van der Waals surface area contributed by atoms with Crippen LogP contribution in [0.25, 0.3) is 0 Å². The van der Waals surface area contributed by atoms with Crippen LogP contribution in [0.3, 0.4) is 0 Å². The van der Waals surface area contributed by atoms with Crippen molar-refractivity contribution in [2.24, 2.45) is 11.6 Å². The van der Waals surface area contributed by atoms with Crippen LogP contribution in [-0.2, 0) is 31.6 Å². The van der Waals surface area contributed by atoms with Crippen molar-refractivity contribution < 1.29 is 61.1 Å². The summed E-state index contributed by atoms with van der Waals surface area (Å²) in [5.74, 6) is 7.87. The molecule has 2 heterocycles. The standard InChI is InChI=1S/C12H21N4O13P3/c1-2-4-12(15-5-3-10(13)16(14)11(15)18)6-8(17)9(27-12)7-26-31(22,23)29-32(24,25)28-30(19,20)21/h1,3,5,8-10,17H,4,6-7,13-14H2,(H,22,23)(H,24,25)(H2,19,20,21)/t8-,9+,10?,12+/m0/s1. The number of hydrogen-bond acceptors (Lipinski definition) is 11. The number of nitrogens with two attached hydrogens (primary N) is 2. The summed E-state index contributed by atoms with van der Waals surface area (Å²) in [7, 11) is -16.7. The van der Waals surface area contributed by atoms with Crippen molar-refractivity contribution in [1.29, 1.82) is 0 Å². The van der Waals surface area contributed by atoms with Gasteiger partial charge in [0, 0.05) is 12.6 Å². The number of hydrogen-bond donors (Lipinski definition) is 7. The Bertz CT molecular complexity index is 949. The SMILES string of the molecule is C#CC[C@]1(N2C=CC(N)N(N)C2=O)C[C@H](O)[C@@H](COP(=O)(O)OP(=O)(O)OP(=O)(O)O)O1. The Hall–Kier alpha value is -1.18. The first-order chi connectivity index (χ1) is 14.5. The number of carbonyl (C=O) groups excluding carboxylic acids is 1. The van der Waals surface area contributed by atoms with Gasteiger partial charge in [0.05, 0.1) is 19.1 Å². The molecule has 0 aromatic carbocycles. The lowest BCUT2D eigenvalue weighted by Crippen LogP contribution is -2.62. The normalized spacial score (nSPS) is 32.4. The maximum atomic E-state index is 12.5. The van der Waals surface area contributed by atoms with Gasteiger partial charge in [-0.2, -0.15) is 8.62 Å². The van der Waals surface area contributed by atoms with Crippen molar-refractivity contribution in [2.45, 2.75) is 36.9 Å². The van der Waals surface area contributed by atoms with Gasteiger partial charge in [0.1, 0.15) is 12.3 Å². The number of hydrazine groups is 1. The second kappa shape index (κ2) is 9.59. The van der Waals surface area contributed by atoms with Crippen molar-refractivity contribution in [3.05, 3.63) is 12.3 Å². The summed E-state index contributed by atoms with van der Waals surface area (Å²) < 4.78 is 51.2. The van der Waals surface area contributed by atoms with E-state index in [2.05, 4.69) is 19.1 Å². The third kappa shape index (κ3) is 6.67. The highest BCUT2D eigenvalue weighted by Gasteiger charge is 2.53. The van der Waals surface area contributed by atoms with Crippen LogP contribution in [0, 0.1) is 12.3 Å². The van der Waals surface area contributed by atoms with Gasteiger partial charge in [0.15, 0.2) is 5.72 Å². The Labute approximate surface area is 180 Å². The third-order valence-electron chi connectivity index (χ3n) is 4.14. The number of phosphoric acid groups is 3. The number of rotatable bonds is 9. The summed E-state index contributed by atoms with van der Waals surface area (Å²) in [4.78, 5) is 49.2. The number of terminal acetylenes is 1. The van der Waals surface area contributed by atoms with Crippen LogP contribution in [0.4, 0.5) is 4.79 Å². The van der Waals surface area contributed by atoms with Gasteiger partial charge in [-0.15, -0.1) is 12.3 Å². The first kappa shape index (κ1) is 27.1. The van der Waals surface area contributed by atoms with E-state index in [0.717, 1.165) is 4.90 Å². The number of phosphoric ester groups is 1. The first-order valence-corrected chi connectivity index (χ1v) is 12.9. The zero-order chi connectivity index (χ0) is 24.5. The van der Waals surface area contributed by atoms with Gasteiger partial charge >= 0.3 is 29.5 Å². The molecule has 182 valence electrons. The molecular weight excluding hydrogens is 501 g/mol. The maximum Gasteiger partial charge on any atom is 0.490 e. The van der Waals surface area contributed by atoms with E-state index in [0.29, 0.717) is 5.01 Å². The lowest BCUT2D eigenvalue weighted by Gasteiger charge is -2.42. The quantitative estimate of drug-likeness (QED) is 0.0795. The lowest BCUT2D eigenvalue weighted by molar-refractivity contribution is -0.126. The van der Waals surface area contributed by atoms with Crippen LogP contribution in [0.1, 0.15) is 12.8 Å². The van der Waals surface area contributed by atoms with E-state index in [4.69, 9.17) is 37.4 Å². The average Bonchev–Trinajstić information content (AvgIpc) is 2.91. The van der Waals surface area contributed by atoms with Gasteiger partial charge in [-0.05, 0) is 6.08 Å². The van der Waals surface area contributed by atoms with Crippen LogP contribution in [-0.4, -0.2) is 71.3 Å². The van der Waals surface area contributed by atoms with Crippen LogP contribution in [0.5, 0.6) is 0 Å². The molecule has 0 aromatic rings. The molecule has 2 rings (SSSR count). The number of aliphatic hydroxyl groups is 1. The number of nitrogens with zero attached hydrogens (tertiary/aromatic N) is 2. The second-order valence-electron chi connectivity index (χ2n) is 6.53. The fraction of sp³-hybridized carbons (Fsp3) is 0.583. The molecule has 1 fully saturated rings. The molecule has 0 saturated carbocycles.